The molecule has 1 aromatic carbocycles. The molecular weight excluding hydrogens is 281 g/mol. The van der Waals surface area contributed by atoms with Crippen molar-refractivity contribution in [1.29, 1.82) is 0 Å². The normalized spacial score (nSPS) is 10.2. The quantitative estimate of drug-likeness (QED) is 0.829. The number of benzene rings is 1. The molecule has 0 heterocycles. The minimum absolute atomic E-state index is 0.00426. The van der Waals surface area contributed by atoms with Crippen LogP contribution in [0.2, 0.25) is 0 Å². The monoisotopic (exact) mass is 291 g/mol. The van der Waals surface area contributed by atoms with E-state index in [0.29, 0.717) is 0 Å². The van der Waals surface area contributed by atoms with Gasteiger partial charge in [-0.2, -0.15) is 0 Å². The Balaban J connectivity index is 3.30. The molecule has 0 aliphatic heterocycles. The summed E-state index contributed by atoms with van der Waals surface area (Å²) in [5.41, 5.74) is -0.187. The Labute approximate surface area is 101 Å². The number of hydrogen-bond donors (Lipinski definition) is 2. The molecule has 1 rings (SSSR count). The van der Waals surface area contributed by atoms with E-state index in [1.54, 1.807) is 7.05 Å². The fourth-order valence-electron chi connectivity index (χ4n) is 1.25. The van der Waals surface area contributed by atoms with Crippen molar-refractivity contribution in [2.75, 3.05) is 20.7 Å². The Kier molecular flexibility index (Phi) is 4.26. The van der Waals surface area contributed by atoms with Crippen molar-refractivity contribution in [2.45, 2.75) is 0 Å². The topological polar surface area (TPSA) is 58.6 Å². The average Bonchev–Trinajstić information content (AvgIpc) is 2.24. The van der Waals surface area contributed by atoms with Crippen molar-refractivity contribution < 1.29 is 19.0 Å². The molecule has 0 bridgehead atoms. The highest BCUT2D eigenvalue weighted by atomic mass is 79.9. The fourth-order valence-corrected chi connectivity index (χ4v) is 1.85. The number of methoxy groups -OCH3 is 1. The van der Waals surface area contributed by atoms with Gasteiger partial charge in [0.05, 0.1) is 23.7 Å². The van der Waals surface area contributed by atoms with Gasteiger partial charge in [0.2, 0.25) is 0 Å². The summed E-state index contributed by atoms with van der Waals surface area (Å²) in [6.07, 6.45) is 0. The molecule has 4 nitrogen and oxygen atoms in total. The number of hydrogen-bond acceptors (Lipinski definition) is 4. The summed E-state index contributed by atoms with van der Waals surface area (Å²) in [6, 6.07) is 0.975. The van der Waals surface area contributed by atoms with Crippen LogP contribution in [0.15, 0.2) is 10.5 Å². The van der Waals surface area contributed by atoms with E-state index in [0.717, 1.165) is 6.07 Å². The van der Waals surface area contributed by atoms with E-state index in [2.05, 4.69) is 21.2 Å². The number of likely N-dealkylation sites (N-methyl/N-ethyl adjacent to an activating group) is 1. The van der Waals surface area contributed by atoms with E-state index < -0.39 is 11.6 Å². The second-order valence-corrected chi connectivity index (χ2v) is 3.84. The minimum Gasteiger partial charge on any atom is -0.503 e. The third-order valence-corrected chi connectivity index (χ3v) is 2.77. The van der Waals surface area contributed by atoms with E-state index in [1.165, 1.54) is 7.11 Å². The van der Waals surface area contributed by atoms with Crippen LogP contribution in [0.5, 0.6) is 11.5 Å². The third kappa shape index (κ3) is 2.33. The highest BCUT2D eigenvalue weighted by Crippen LogP contribution is 2.38. The Bertz CT molecular complexity index is 423. The fraction of sp³-hybridized carbons (Fsp3) is 0.300. The molecule has 0 aliphatic carbocycles. The Morgan fingerprint density at radius 2 is 2.31 bits per heavy atom. The van der Waals surface area contributed by atoms with Crippen LogP contribution >= 0.6 is 15.9 Å². The summed E-state index contributed by atoms with van der Waals surface area (Å²) in [5, 5.41) is 12.2. The number of carbonyl (C=O) groups excluding carboxylic acids is 1. The number of aromatic hydroxyl groups is 1. The van der Waals surface area contributed by atoms with Crippen LogP contribution in [0.3, 0.4) is 0 Å². The van der Waals surface area contributed by atoms with E-state index in [9.17, 15) is 14.3 Å². The zero-order chi connectivity index (χ0) is 12.3. The zero-order valence-corrected chi connectivity index (χ0v) is 10.4. The molecule has 0 unspecified atom stereocenters. The van der Waals surface area contributed by atoms with Gasteiger partial charge in [-0.15, -0.1) is 0 Å². The molecule has 0 spiro atoms. The lowest BCUT2D eigenvalue weighted by molar-refractivity contribution is 0.0988. The summed E-state index contributed by atoms with van der Waals surface area (Å²) in [7, 11) is 2.88. The summed E-state index contributed by atoms with van der Waals surface area (Å²) in [6.45, 7) is -0.0126. The molecule has 0 aromatic heterocycles. The molecule has 0 saturated heterocycles. The molecule has 1 aromatic rings. The summed E-state index contributed by atoms with van der Waals surface area (Å²) in [4.78, 5) is 11.6. The second kappa shape index (κ2) is 5.27. The standard InChI is InChI=1S/C10H11BrFNO3/c1-13-4-6(14)8-5(12)3-7(16-2)10(15)9(8)11/h3,13,15H,4H2,1-2H3. The number of rotatable bonds is 4. The molecule has 0 radical (unpaired) electrons. The van der Waals surface area contributed by atoms with Crippen LogP contribution in [-0.4, -0.2) is 31.6 Å². The summed E-state index contributed by atoms with van der Waals surface area (Å²) in [5.74, 6) is -1.50. The Morgan fingerprint density at radius 1 is 1.69 bits per heavy atom. The largest absolute Gasteiger partial charge is 0.503 e. The SMILES string of the molecule is CNCC(=O)c1c(F)cc(OC)c(O)c1Br. The molecular formula is C10H11BrFNO3. The lowest BCUT2D eigenvalue weighted by Gasteiger charge is -2.10. The first-order chi connectivity index (χ1) is 7.52. The van der Waals surface area contributed by atoms with E-state index in [1.807, 2.05) is 0 Å². The van der Waals surface area contributed by atoms with E-state index in [4.69, 9.17) is 4.74 Å². The van der Waals surface area contributed by atoms with E-state index in [-0.39, 0.29) is 28.1 Å². The molecule has 0 atom stereocenters. The molecule has 2 N–H and O–H groups in total. The van der Waals surface area contributed by atoms with Crippen molar-refractivity contribution >= 4 is 21.7 Å². The van der Waals surface area contributed by atoms with Crippen LogP contribution < -0.4 is 10.1 Å². The van der Waals surface area contributed by atoms with Crippen LogP contribution in [0.4, 0.5) is 4.39 Å². The van der Waals surface area contributed by atoms with Crippen LogP contribution in [0.1, 0.15) is 10.4 Å². The molecule has 6 heteroatoms. The molecule has 0 saturated carbocycles. The molecule has 0 fully saturated rings. The average molecular weight is 292 g/mol. The highest BCUT2D eigenvalue weighted by molar-refractivity contribution is 9.10. The third-order valence-electron chi connectivity index (χ3n) is 1.99. The Morgan fingerprint density at radius 3 is 2.81 bits per heavy atom. The molecule has 0 aliphatic rings. The lowest BCUT2D eigenvalue weighted by atomic mass is 10.1. The van der Waals surface area contributed by atoms with Crippen molar-refractivity contribution in [3.8, 4) is 11.5 Å². The smallest absolute Gasteiger partial charge is 0.180 e. The first kappa shape index (κ1) is 12.9. The van der Waals surface area contributed by atoms with Gasteiger partial charge in [0.15, 0.2) is 17.3 Å². The van der Waals surface area contributed by atoms with Crippen molar-refractivity contribution in [1.82, 2.24) is 5.32 Å². The lowest BCUT2D eigenvalue weighted by Crippen LogP contribution is -2.20. The van der Waals surface area contributed by atoms with Crippen molar-refractivity contribution in [2.24, 2.45) is 0 Å². The molecule has 0 amide bonds. The van der Waals surface area contributed by atoms with Gasteiger partial charge in [0.25, 0.3) is 0 Å². The maximum absolute atomic E-state index is 13.6. The van der Waals surface area contributed by atoms with Crippen molar-refractivity contribution in [3.63, 3.8) is 0 Å². The maximum atomic E-state index is 13.6. The summed E-state index contributed by atoms with van der Waals surface area (Å²) < 4.78 is 18.3. The van der Waals surface area contributed by atoms with Crippen LogP contribution in [0.25, 0.3) is 0 Å². The predicted octanol–water partition coefficient (Wildman–Crippen LogP) is 1.70. The van der Waals surface area contributed by atoms with Gasteiger partial charge in [0, 0.05) is 6.07 Å². The van der Waals surface area contributed by atoms with Crippen LogP contribution in [-0.2, 0) is 0 Å². The minimum atomic E-state index is -0.734. The van der Waals surface area contributed by atoms with Crippen LogP contribution in [0, 0.1) is 5.82 Å². The zero-order valence-electron chi connectivity index (χ0n) is 8.80. The number of Topliss-reactive ketones (excluding diaryl/α,β-unsaturated/α-hetero) is 1. The van der Waals surface area contributed by atoms with Gasteiger partial charge >= 0.3 is 0 Å². The number of phenols is 1. The number of ketones is 1. The number of halogens is 2. The van der Waals surface area contributed by atoms with Gasteiger partial charge < -0.3 is 15.2 Å². The molecule has 16 heavy (non-hydrogen) atoms. The second-order valence-electron chi connectivity index (χ2n) is 3.05. The summed E-state index contributed by atoms with van der Waals surface area (Å²) >= 11 is 2.97. The number of ether oxygens (including phenoxy) is 1. The van der Waals surface area contributed by atoms with Crippen molar-refractivity contribution in [3.05, 3.63) is 21.9 Å². The number of phenolic OH excluding ortho intramolecular Hbond substituents is 1. The van der Waals surface area contributed by atoms with Gasteiger partial charge in [-0.1, -0.05) is 0 Å². The number of carbonyl (C=O) groups is 1. The van der Waals surface area contributed by atoms with Gasteiger partial charge in [0.1, 0.15) is 5.82 Å². The molecule has 88 valence electrons. The first-order valence-corrected chi connectivity index (χ1v) is 5.25. The highest BCUT2D eigenvalue weighted by Gasteiger charge is 2.21. The number of nitrogens with one attached hydrogen (secondary N) is 1. The van der Waals surface area contributed by atoms with E-state index >= 15 is 0 Å². The maximum Gasteiger partial charge on any atom is 0.180 e. The first-order valence-electron chi connectivity index (χ1n) is 4.45. The predicted molar refractivity (Wildman–Crippen MR) is 60.6 cm³/mol. The Hall–Kier alpha value is -1.14. The van der Waals surface area contributed by atoms with Gasteiger partial charge in [-0.25, -0.2) is 4.39 Å². The van der Waals surface area contributed by atoms with Gasteiger partial charge in [-0.3, -0.25) is 4.79 Å². The van der Waals surface area contributed by atoms with Gasteiger partial charge in [-0.05, 0) is 23.0 Å².